The number of hydrogen-bond acceptors (Lipinski definition) is 2. The Hall–Kier alpha value is -2.43. The molecule has 0 aromatic heterocycles. The van der Waals surface area contributed by atoms with E-state index in [-0.39, 0.29) is 12.5 Å². The molecule has 3 N–H and O–H groups in total. The number of carbonyl (C=O) groups is 1. The maximum Gasteiger partial charge on any atom is 0.251 e. The summed E-state index contributed by atoms with van der Waals surface area (Å²) in [5, 5.41) is 2.64. The molecule has 104 valence electrons. The monoisotopic (exact) mass is 276 g/mol. The van der Waals surface area contributed by atoms with E-state index in [0.717, 1.165) is 17.7 Å². The number of nitrogens with one attached hydrogen (secondary N) is 1. The molecule has 2 aromatic rings. The Kier molecular flexibility index (Phi) is 3.98. The molecule has 0 saturated heterocycles. The van der Waals surface area contributed by atoms with E-state index in [1.54, 1.807) is 18.2 Å². The van der Waals surface area contributed by atoms with Crippen molar-refractivity contribution in [1.29, 1.82) is 0 Å². The minimum atomic E-state index is -0.930. The molecular weight excluding hydrogens is 262 g/mol. The first-order valence-electron chi connectivity index (χ1n) is 6.05. The second kappa shape index (κ2) is 5.69. The summed E-state index contributed by atoms with van der Waals surface area (Å²) >= 11 is 0. The zero-order valence-corrected chi connectivity index (χ0v) is 10.9. The van der Waals surface area contributed by atoms with Crippen LogP contribution in [0.2, 0.25) is 0 Å². The van der Waals surface area contributed by atoms with Gasteiger partial charge in [0.2, 0.25) is 0 Å². The molecule has 0 unspecified atom stereocenters. The molecule has 0 atom stereocenters. The molecule has 0 fully saturated rings. The highest BCUT2D eigenvalue weighted by atomic mass is 19.2. The van der Waals surface area contributed by atoms with Crippen LogP contribution < -0.4 is 11.1 Å². The lowest BCUT2D eigenvalue weighted by atomic mass is 10.1. The van der Waals surface area contributed by atoms with Crippen molar-refractivity contribution in [2.45, 2.75) is 13.5 Å². The van der Waals surface area contributed by atoms with E-state index < -0.39 is 11.6 Å². The van der Waals surface area contributed by atoms with Crippen LogP contribution in [0.1, 0.15) is 21.5 Å². The normalized spacial score (nSPS) is 10.3. The summed E-state index contributed by atoms with van der Waals surface area (Å²) in [6.45, 7) is 1.93. The van der Waals surface area contributed by atoms with E-state index in [1.807, 2.05) is 6.92 Å². The Morgan fingerprint density at radius 2 is 1.90 bits per heavy atom. The molecule has 2 aromatic carbocycles. The molecule has 0 saturated carbocycles. The number of anilines is 1. The van der Waals surface area contributed by atoms with Crippen molar-refractivity contribution in [2.75, 3.05) is 5.73 Å². The molecular formula is C15H14F2N2O. The van der Waals surface area contributed by atoms with Gasteiger partial charge in [0.1, 0.15) is 0 Å². The fourth-order valence-corrected chi connectivity index (χ4v) is 1.75. The summed E-state index contributed by atoms with van der Waals surface area (Å²) < 4.78 is 25.8. The average Bonchev–Trinajstić information content (AvgIpc) is 2.43. The number of nitrogen functional groups attached to an aromatic ring is 1. The van der Waals surface area contributed by atoms with Crippen LogP contribution in [0.5, 0.6) is 0 Å². The van der Waals surface area contributed by atoms with Crippen LogP contribution in [0.25, 0.3) is 0 Å². The van der Waals surface area contributed by atoms with E-state index in [4.69, 9.17) is 5.73 Å². The quantitative estimate of drug-likeness (QED) is 0.847. The highest BCUT2D eigenvalue weighted by molar-refractivity contribution is 5.94. The van der Waals surface area contributed by atoms with Gasteiger partial charge in [-0.15, -0.1) is 0 Å². The van der Waals surface area contributed by atoms with E-state index >= 15 is 0 Å². The van der Waals surface area contributed by atoms with Crippen LogP contribution >= 0.6 is 0 Å². The largest absolute Gasteiger partial charge is 0.399 e. The Bertz CT molecular complexity index is 656. The average molecular weight is 276 g/mol. The zero-order chi connectivity index (χ0) is 14.7. The van der Waals surface area contributed by atoms with E-state index in [1.165, 1.54) is 6.07 Å². The summed E-state index contributed by atoms with van der Waals surface area (Å²) in [6.07, 6.45) is 0. The number of rotatable bonds is 3. The van der Waals surface area contributed by atoms with Crippen molar-refractivity contribution in [3.05, 3.63) is 64.7 Å². The molecule has 0 bridgehead atoms. The molecule has 0 radical (unpaired) electrons. The second-order valence-electron chi connectivity index (χ2n) is 4.50. The van der Waals surface area contributed by atoms with Gasteiger partial charge in [0, 0.05) is 17.8 Å². The van der Waals surface area contributed by atoms with Crippen LogP contribution in [0.3, 0.4) is 0 Å². The van der Waals surface area contributed by atoms with Gasteiger partial charge in [-0.2, -0.15) is 0 Å². The number of nitrogens with two attached hydrogens (primary N) is 1. The lowest BCUT2D eigenvalue weighted by Crippen LogP contribution is -2.23. The number of benzene rings is 2. The third-order valence-corrected chi connectivity index (χ3v) is 2.97. The Morgan fingerprint density at radius 1 is 1.15 bits per heavy atom. The maximum absolute atomic E-state index is 13.0. The number of hydrogen-bond donors (Lipinski definition) is 2. The number of halogens is 2. The highest BCUT2D eigenvalue weighted by Gasteiger charge is 2.08. The van der Waals surface area contributed by atoms with Gasteiger partial charge >= 0.3 is 0 Å². The molecule has 2 rings (SSSR count). The Labute approximate surface area is 115 Å². The van der Waals surface area contributed by atoms with E-state index in [9.17, 15) is 13.6 Å². The van der Waals surface area contributed by atoms with Gasteiger partial charge in [-0.25, -0.2) is 8.78 Å². The highest BCUT2D eigenvalue weighted by Crippen LogP contribution is 2.13. The van der Waals surface area contributed by atoms with Crippen molar-refractivity contribution >= 4 is 11.6 Å². The minimum absolute atomic E-state index is 0.124. The van der Waals surface area contributed by atoms with Crippen molar-refractivity contribution < 1.29 is 13.6 Å². The molecule has 3 nitrogen and oxygen atoms in total. The number of carbonyl (C=O) groups excluding carboxylic acids is 1. The van der Waals surface area contributed by atoms with Crippen LogP contribution in [0.15, 0.2) is 36.4 Å². The third kappa shape index (κ3) is 3.12. The van der Waals surface area contributed by atoms with E-state index in [0.29, 0.717) is 16.8 Å². The number of amides is 1. The first kappa shape index (κ1) is 14.0. The molecule has 0 heterocycles. The summed E-state index contributed by atoms with van der Waals surface area (Å²) in [6, 6.07) is 8.46. The van der Waals surface area contributed by atoms with Crippen LogP contribution in [-0.2, 0) is 6.54 Å². The smallest absolute Gasteiger partial charge is 0.251 e. The first-order valence-corrected chi connectivity index (χ1v) is 6.05. The summed E-state index contributed by atoms with van der Waals surface area (Å²) in [5.41, 5.74) is 8.06. The van der Waals surface area contributed by atoms with E-state index in [2.05, 4.69) is 5.32 Å². The van der Waals surface area contributed by atoms with Gasteiger partial charge in [0.05, 0.1) is 0 Å². The molecule has 0 aliphatic heterocycles. The zero-order valence-electron chi connectivity index (χ0n) is 10.9. The molecule has 20 heavy (non-hydrogen) atoms. The van der Waals surface area contributed by atoms with Gasteiger partial charge in [-0.05, 0) is 48.4 Å². The first-order chi connectivity index (χ1) is 9.47. The molecule has 0 aliphatic carbocycles. The van der Waals surface area contributed by atoms with Gasteiger partial charge in [0.25, 0.3) is 5.91 Å². The van der Waals surface area contributed by atoms with Crippen LogP contribution in [-0.4, -0.2) is 5.91 Å². The van der Waals surface area contributed by atoms with Crippen molar-refractivity contribution in [2.24, 2.45) is 0 Å². The third-order valence-electron chi connectivity index (χ3n) is 2.97. The predicted molar refractivity (Wildman–Crippen MR) is 73.1 cm³/mol. The van der Waals surface area contributed by atoms with Gasteiger partial charge in [0.15, 0.2) is 11.6 Å². The fraction of sp³-hybridized carbons (Fsp3) is 0.133. The van der Waals surface area contributed by atoms with Gasteiger partial charge < -0.3 is 11.1 Å². The topological polar surface area (TPSA) is 55.1 Å². The van der Waals surface area contributed by atoms with Crippen LogP contribution in [0.4, 0.5) is 14.5 Å². The summed E-state index contributed by atoms with van der Waals surface area (Å²) in [5.74, 6) is -2.13. The van der Waals surface area contributed by atoms with Gasteiger partial charge in [-0.3, -0.25) is 4.79 Å². The molecule has 0 aliphatic rings. The maximum atomic E-state index is 13.0. The van der Waals surface area contributed by atoms with Crippen LogP contribution in [0, 0.1) is 18.6 Å². The number of aryl methyl sites for hydroxylation is 1. The summed E-state index contributed by atoms with van der Waals surface area (Å²) in [4.78, 5) is 11.9. The predicted octanol–water partition coefficient (Wildman–Crippen LogP) is 2.79. The molecule has 0 spiro atoms. The molecule has 1 amide bonds. The van der Waals surface area contributed by atoms with Crippen molar-refractivity contribution in [3.63, 3.8) is 0 Å². The summed E-state index contributed by atoms with van der Waals surface area (Å²) in [7, 11) is 0. The lowest BCUT2D eigenvalue weighted by molar-refractivity contribution is 0.0951. The molecule has 5 heteroatoms. The lowest BCUT2D eigenvalue weighted by Gasteiger charge is -2.07. The Balaban J connectivity index is 2.04. The Morgan fingerprint density at radius 3 is 2.55 bits per heavy atom. The van der Waals surface area contributed by atoms with Crippen molar-refractivity contribution in [1.82, 2.24) is 5.32 Å². The van der Waals surface area contributed by atoms with Gasteiger partial charge in [-0.1, -0.05) is 6.07 Å². The SMILES string of the molecule is Cc1cc(C(=O)NCc2ccc(F)c(F)c2)ccc1N. The fourth-order valence-electron chi connectivity index (χ4n) is 1.75. The van der Waals surface area contributed by atoms with Crippen molar-refractivity contribution in [3.8, 4) is 0 Å². The second-order valence-corrected chi connectivity index (χ2v) is 4.50. The minimum Gasteiger partial charge on any atom is -0.399 e. The standard InChI is InChI=1S/C15H14F2N2O/c1-9-6-11(3-5-14(9)18)15(20)19-8-10-2-4-12(16)13(17)7-10/h2-7H,8,18H2,1H3,(H,19,20).